The van der Waals surface area contributed by atoms with Gasteiger partial charge in [-0.05, 0) is 65.8 Å². The molecule has 0 radical (unpaired) electrons. The number of hydrogen-bond acceptors (Lipinski definition) is 5. The van der Waals surface area contributed by atoms with Crippen LogP contribution in [0.2, 0.25) is 0 Å². The van der Waals surface area contributed by atoms with Crippen molar-refractivity contribution in [3.05, 3.63) is 84.3 Å². The molecule has 0 fully saturated rings. The summed E-state index contributed by atoms with van der Waals surface area (Å²) in [5, 5.41) is 21.2. The van der Waals surface area contributed by atoms with Crippen LogP contribution in [0, 0.1) is 5.82 Å². The number of carbonyl (C=O) groups is 2. The zero-order valence-electron chi connectivity index (χ0n) is 19.3. The molecule has 35 heavy (non-hydrogen) atoms. The molecule has 0 saturated carbocycles. The number of fused-ring (bicyclic) bond motifs is 2. The molecule has 2 aromatic heterocycles. The van der Waals surface area contributed by atoms with Crippen LogP contribution in [0.25, 0.3) is 44.3 Å². The number of halogens is 1. The molecule has 5 aromatic rings. The second kappa shape index (κ2) is 13.9. The maximum Gasteiger partial charge on any atom is 1.00 e. The number of rotatable bonds is 3. The van der Waals surface area contributed by atoms with Crippen LogP contribution in [0.3, 0.4) is 0 Å². The fourth-order valence-electron chi connectivity index (χ4n) is 3.76. The summed E-state index contributed by atoms with van der Waals surface area (Å²) in [6.07, 6.45) is -0.423. The summed E-state index contributed by atoms with van der Waals surface area (Å²) in [4.78, 5) is 24.3. The van der Waals surface area contributed by atoms with Gasteiger partial charge in [-0.2, -0.15) is 0 Å². The number of benzene rings is 3. The zero-order chi connectivity index (χ0) is 23.5. The summed E-state index contributed by atoms with van der Waals surface area (Å²) < 4.78 is 19.4. The number of hydrogen-bond donors (Lipinski definition) is 2. The van der Waals surface area contributed by atoms with Gasteiger partial charge in [0.1, 0.15) is 17.2 Å². The summed E-state index contributed by atoms with van der Waals surface area (Å²) in [7, 11) is 1.58. The van der Waals surface area contributed by atoms with Crippen LogP contribution in [-0.2, 0) is 0 Å². The van der Waals surface area contributed by atoms with Crippen LogP contribution in [0.4, 0.5) is 9.18 Å². The first-order chi connectivity index (χ1) is 15.9. The second-order valence-corrected chi connectivity index (χ2v) is 7.10. The van der Waals surface area contributed by atoms with Crippen molar-refractivity contribution < 1.29 is 166 Å². The number of carbonyl (C=O) groups excluding carboxylic acids is 2. The van der Waals surface area contributed by atoms with Crippen molar-refractivity contribution in [2.24, 2.45) is 0 Å². The van der Waals surface area contributed by atoms with Crippen molar-refractivity contribution in [1.29, 1.82) is 0 Å². The molecule has 3 aromatic carbocycles. The average Bonchev–Trinajstić information content (AvgIpc) is 3.43. The monoisotopic (exact) mass is 710 g/mol. The number of aromatic nitrogens is 1. The van der Waals surface area contributed by atoms with E-state index in [1.807, 2.05) is 42.6 Å². The van der Waals surface area contributed by atoms with Crippen molar-refractivity contribution in [3.8, 4) is 22.5 Å². The van der Waals surface area contributed by atoms with E-state index in [-0.39, 0.29) is 150 Å². The first kappa shape index (κ1) is 30.7. The van der Waals surface area contributed by atoms with E-state index in [1.54, 1.807) is 19.2 Å². The molecule has 10 heteroatoms. The van der Waals surface area contributed by atoms with Gasteiger partial charge < -0.3 is 29.7 Å². The largest absolute Gasteiger partial charge is 1.00 e. The molecular weight excluding hydrogens is 693 g/mol. The van der Waals surface area contributed by atoms with Crippen LogP contribution in [0.15, 0.2) is 77.3 Å². The Morgan fingerprint density at radius 3 is 2.23 bits per heavy atom. The van der Waals surface area contributed by atoms with Crippen LogP contribution in [0.1, 0.15) is 10.4 Å². The standard InChI is InChI=1S/C24H17FN2O2.CH2O3.2Cs/c1-26-24(28)22-19-13-15(17-3-2-4-20-18(17)11-12-27-20)7-10-21(19)29-23(22)14-5-8-16(25)9-6-14;2-1(3)4;;/h2-13,27H,1H3,(H,26,28);(H2,2,3,4);;/q;;2*+1/p-2. The second-order valence-electron chi connectivity index (χ2n) is 7.10. The van der Waals surface area contributed by atoms with Gasteiger partial charge in [0.15, 0.2) is 0 Å². The molecule has 166 valence electrons. The first-order valence-corrected chi connectivity index (χ1v) is 9.88. The number of nitrogens with one attached hydrogen (secondary N) is 2. The minimum absolute atomic E-state index is 0. The van der Waals surface area contributed by atoms with Gasteiger partial charge >= 0.3 is 138 Å². The van der Waals surface area contributed by atoms with Gasteiger partial charge in [-0.1, -0.05) is 18.2 Å². The Hall–Kier alpha value is -0.486. The summed E-state index contributed by atoms with van der Waals surface area (Å²) in [6.45, 7) is 0. The molecule has 2 N–H and O–H groups in total. The van der Waals surface area contributed by atoms with E-state index in [2.05, 4.69) is 16.4 Å². The fourth-order valence-corrected chi connectivity index (χ4v) is 3.76. The van der Waals surface area contributed by atoms with Crippen molar-refractivity contribution in [3.63, 3.8) is 0 Å². The Balaban J connectivity index is 0.000000672. The quantitative estimate of drug-likeness (QED) is 0.212. The van der Waals surface area contributed by atoms with Crippen LogP contribution < -0.4 is 153 Å². The maximum atomic E-state index is 13.4. The number of aromatic amines is 1. The third-order valence-corrected chi connectivity index (χ3v) is 5.15. The van der Waals surface area contributed by atoms with Gasteiger partial charge in [-0.25, -0.2) is 4.39 Å². The summed E-state index contributed by atoms with van der Waals surface area (Å²) in [5.41, 5.74) is 4.80. The van der Waals surface area contributed by atoms with Crippen LogP contribution in [0.5, 0.6) is 0 Å². The van der Waals surface area contributed by atoms with Crippen molar-refractivity contribution in [2.45, 2.75) is 0 Å². The SMILES string of the molecule is CNC(=O)c1c(-c2ccc(F)cc2)oc2ccc(-c3cccc4[nH]ccc34)cc12.O=C([O-])[O-].[Cs+].[Cs+]. The minimum Gasteiger partial charge on any atom is -0.652 e. The van der Waals surface area contributed by atoms with E-state index in [0.717, 1.165) is 22.0 Å². The molecular formula is C25H17Cs2FN2O5. The van der Waals surface area contributed by atoms with E-state index in [9.17, 15) is 9.18 Å². The van der Waals surface area contributed by atoms with E-state index in [0.29, 0.717) is 27.9 Å². The first-order valence-electron chi connectivity index (χ1n) is 9.88. The van der Waals surface area contributed by atoms with E-state index < -0.39 is 6.16 Å². The Bertz CT molecular complexity index is 1470. The van der Waals surface area contributed by atoms with E-state index in [4.69, 9.17) is 19.4 Å². The summed E-state index contributed by atoms with van der Waals surface area (Å²) in [6, 6.07) is 19.9. The molecule has 2 heterocycles. The number of carboxylic acid groups (broad SMARTS) is 2. The van der Waals surface area contributed by atoms with Crippen LogP contribution in [-0.4, -0.2) is 24.1 Å². The summed E-state index contributed by atoms with van der Waals surface area (Å²) in [5.74, 6) is -0.162. The molecule has 0 unspecified atom stereocenters. The molecule has 0 aliphatic heterocycles. The molecule has 7 nitrogen and oxygen atoms in total. The van der Waals surface area contributed by atoms with Crippen molar-refractivity contribution in [2.75, 3.05) is 7.05 Å². The topological polar surface area (TPSA) is 121 Å². The number of H-pyrrole nitrogens is 1. The van der Waals surface area contributed by atoms with E-state index in [1.165, 1.54) is 12.1 Å². The molecule has 1 amide bonds. The maximum absolute atomic E-state index is 13.4. The Labute approximate surface area is 317 Å². The predicted octanol–water partition coefficient (Wildman–Crippen LogP) is -2.69. The molecule has 0 spiro atoms. The van der Waals surface area contributed by atoms with Crippen molar-refractivity contribution >= 4 is 33.9 Å². The molecule has 0 atom stereocenters. The Morgan fingerprint density at radius 2 is 1.57 bits per heavy atom. The van der Waals surface area contributed by atoms with Gasteiger partial charge in [0.05, 0.1) is 5.56 Å². The predicted molar refractivity (Wildman–Crippen MR) is 118 cm³/mol. The minimum atomic E-state index is -2.33. The fraction of sp³-hybridized carbons (Fsp3) is 0.0400. The third kappa shape index (κ3) is 7.09. The van der Waals surface area contributed by atoms with Crippen molar-refractivity contribution in [1.82, 2.24) is 10.3 Å². The molecule has 0 bridgehead atoms. The average molecular weight is 710 g/mol. The smallest absolute Gasteiger partial charge is 0.652 e. The van der Waals surface area contributed by atoms with Gasteiger partial charge in [0.25, 0.3) is 5.91 Å². The van der Waals surface area contributed by atoms with E-state index >= 15 is 0 Å². The molecule has 0 aliphatic carbocycles. The molecule has 0 aliphatic rings. The van der Waals surface area contributed by atoms with Gasteiger partial charge in [0, 0.05) is 35.1 Å². The molecule has 0 saturated heterocycles. The van der Waals surface area contributed by atoms with Gasteiger partial charge in [-0.3, -0.25) is 4.79 Å². The number of amides is 1. The Morgan fingerprint density at radius 1 is 0.914 bits per heavy atom. The third-order valence-electron chi connectivity index (χ3n) is 5.15. The van der Waals surface area contributed by atoms with Gasteiger partial charge in [0.2, 0.25) is 0 Å². The van der Waals surface area contributed by atoms with Gasteiger partial charge in [-0.15, -0.1) is 0 Å². The number of furan rings is 1. The normalized spacial score (nSPS) is 10.0. The zero-order valence-corrected chi connectivity index (χ0v) is 31.9. The Kier molecular flexibility index (Phi) is 12.2. The van der Waals surface area contributed by atoms with Crippen LogP contribution >= 0.6 is 0 Å². The summed E-state index contributed by atoms with van der Waals surface area (Å²) >= 11 is 0. The molecule has 5 rings (SSSR count).